The topological polar surface area (TPSA) is 52.6 Å². The Morgan fingerprint density at radius 3 is 2.32 bits per heavy atom. The third-order valence-corrected chi connectivity index (χ3v) is 4.47. The normalized spacial score (nSPS) is 24.9. The van der Waals surface area contributed by atoms with E-state index in [2.05, 4.69) is 32.1 Å². The maximum Gasteiger partial charge on any atom is 0.323 e. The molecule has 0 heterocycles. The van der Waals surface area contributed by atoms with Crippen LogP contribution in [0, 0.1) is 16.7 Å². The lowest BCUT2D eigenvalue weighted by atomic mass is 9.83. The summed E-state index contributed by atoms with van der Waals surface area (Å²) in [5.41, 5.74) is 0.0140. The van der Waals surface area contributed by atoms with Crippen molar-refractivity contribution in [1.82, 2.24) is 0 Å². The van der Waals surface area contributed by atoms with E-state index in [1.54, 1.807) is 13.8 Å². The molecule has 1 fully saturated rings. The third kappa shape index (κ3) is 3.11. The van der Waals surface area contributed by atoms with Gasteiger partial charge in [0.25, 0.3) is 0 Å². The number of ether oxygens (including phenoxy) is 2. The van der Waals surface area contributed by atoms with Gasteiger partial charge in [-0.25, -0.2) is 0 Å². The van der Waals surface area contributed by atoms with Crippen molar-refractivity contribution < 1.29 is 19.1 Å². The van der Waals surface area contributed by atoms with E-state index in [9.17, 15) is 9.59 Å². The molecular formula is C18H26O4. The van der Waals surface area contributed by atoms with Gasteiger partial charge >= 0.3 is 11.9 Å². The Morgan fingerprint density at radius 1 is 1.18 bits per heavy atom. The van der Waals surface area contributed by atoms with E-state index in [0.29, 0.717) is 12.8 Å². The summed E-state index contributed by atoms with van der Waals surface area (Å²) in [5.74, 6) is -0.780. The van der Waals surface area contributed by atoms with Gasteiger partial charge in [0.05, 0.1) is 13.2 Å². The van der Waals surface area contributed by atoms with E-state index >= 15 is 0 Å². The van der Waals surface area contributed by atoms with Gasteiger partial charge in [-0.05, 0) is 44.4 Å². The van der Waals surface area contributed by atoms with Crippen molar-refractivity contribution in [1.29, 1.82) is 0 Å². The molecular weight excluding hydrogens is 280 g/mol. The minimum atomic E-state index is -1.18. The fraction of sp³-hybridized carbons (Fsp3) is 0.667. The zero-order chi connectivity index (χ0) is 16.4. The molecule has 2 aliphatic carbocycles. The molecule has 0 unspecified atom stereocenters. The molecule has 0 bridgehead atoms. The van der Waals surface area contributed by atoms with E-state index < -0.39 is 17.4 Å². The highest BCUT2D eigenvalue weighted by Crippen LogP contribution is 2.50. The molecule has 122 valence electrons. The SMILES string of the molecule is CCOC(=O)C1(C(=O)OCC)CC2=CC(C)(C)CC=C[C@@H]2C1. The number of rotatable bonds is 4. The van der Waals surface area contributed by atoms with Crippen molar-refractivity contribution in [2.45, 2.75) is 47.0 Å². The van der Waals surface area contributed by atoms with Gasteiger partial charge in [-0.2, -0.15) is 0 Å². The fourth-order valence-electron chi connectivity index (χ4n) is 3.44. The van der Waals surface area contributed by atoms with E-state index in [0.717, 1.165) is 12.0 Å². The molecule has 2 aliphatic rings. The van der Waals surface area contributed by atoms with Crippen molar-refractivity contribution in [2.75, 3.05) is 13.2 Å². The molecule has 1 saturated carbocycles. The average molecular weight is 306 g/mol. The van der Waals surface area contributed by atoms with Crippen molar-refractivity contribution in [3.63, 3.8) is 0 Å². The molecule has 0 aromatic carbocycles. The number of carbonyl (C=O) groups excluding carboxylic acids is 2. The third-order valence-electron chi connectivity index (χ3n) is 4.47. The lowest BCUT2D eigenvalue weighted by Gasteiger charge is -2.24. The molecule has 22 heavy (non-hydrogen) atoms. The molecule has 1 atom stereocenters. The second kappa shape index (κ2) is 6.27. The molecule has 0 aromatic heterocycles. The van der Waals surface area contributed by atoms with Crippen LogP contribution in [0.2, 0.25) is 0 Å². The maximum absolute atomic E-state index is 12.5. The number of hydrogen-bond donors (Lipinski definition) is 0. The Hall–Kier alpha value is -1.58. The highest BCUT2D eigenvalue weighted by molar-refractivity contribution is 6.01. The van der Waals surface area contributed by atoms with Gasteiger partial charge in [0.15, 0.2) is 5.41 Å². The standard InChI is InChI=1S/C18H26O4/c1-5-21-15(19)18(16(20)22-6-2)11-13-8-7-9-17(3,4)10-14(13)12-18/h7-8,10,13H,5-6,9,11-12H2,1-4H3/t13-/m1/s1. The van der Waals surface area contributed by atoms with Gasteiger partial charge in [0.2, 0.25) is 0 Å². The van der Waals surface area contributed by atoms with Crippen LogP contribution in [-0.4, -0.2) is 25.2 Å². The van der Waals surface area contributed by atoms with E-state index in [4.69, 9.17) is 9.47 Å². The van der Waals surface area contributed by atoms with Gasteiger partial charge in [-0.3, -0.25) is 9.59 Å². The van der Waals surface area contributed by atoms with Gasteiger partial charge in [0.1, 0.15) is 0 Å². The Labute approximate surface area is 132 Å². The quantitative estimate of drug-likeness (QED) is 0.454. The molecule has 4 nitrogen and oxygen atoms in total. The summed E-state index contributed by atoms with van der Waals surface area (Å²) in [6.07, 6.45) is 8.32. The summed E-state index contributed by atoms with van der Waals surface area (Å²) in [5, 5.41) is 0. The summed E-state index contributed by atoms with van der Waals surface area (Å²) >= 11 is 0. The Morgan fingerprint density at radius 2 is 1.77 bits per heavy atom. The van der Waals surface area contributed by atoms with E-state index in [-0.39, 0.29) is 24.5 Å². The van der Waals surface area contributed by atoms with Crippen molar-refractivity contribution in [3.8, 4) is 0 Å². The number of allylic oxidation sites excluding steroid dienone is 4. The van der Waals surface area contributed by atoms with Crippen LogP contribution in [0.1, 0.15) is 47.0 Å². The van der Waals surface area contributed by atoms with Crippen LogP contribution in [0.15, 0.2) is 23.8 Å². The smallest absolute Gasteiger partial charge is 0.323 e. The number of fused-ring (bicyclic) bond motifs is 1. The maximum atomic E-state index is 12.5. The molecule has 0 radical (unpaired) electrons. The molecule has 0 aliphatic heterocycles. The zero-order valence-corrected chi connectivity index (χ0v) is 14.0. The summed E-state index contributed by atoms with van der Waals surface area (Å²) in [7, 11) is 0. The van der Waals surface area contributed by atoms with Crippen molar-refractivity contribution >= 4 is 11.9 Å². The number of carbonyl (C=O) groups is 2. The first kappa shape index (κ1) is 16.8. The minimum absolute atomic E-state index is 0.0417. The first-order valence-corrected chi connectivity index (χ1v) is 8.07. The van der Waals surface area contributed by atoms with Crippen LogP contribution in [0.25, 0.3) is 0 Å². The lowest BCUT2D eigenvalue weighted by molar-refractivity contribution is -0.171. The van der Waals surface area contributed by atoms with E-state index in [1.165, 1.54) is 0 Å². The van der Waals surface area contributed by atoms with Crippen LogP contribution in [-0.2, 0) is 19.1 Å². The molecule has 0 amide bonds. The highest BCUT2D eigenvalue weighted by Gasteiger charge is 2.55. The Bertz CT molecular complexity index is 495. The van der Waals surface area contributed by atoms with Crippen LogP contribution < -0.4 is 0 Å². The van der Waals surface area contributed by atoms with Crippen molar-refractivity contribution in [3.05, 3.63) is 23.8 Å². The molecule has 4 heteroatoms. The van der Waals surface area contributed by atoms with E-state index in [1.807, 2.05) is 0 Å². The largest absolute Gasteiger partial charge is 0.465 e. The highest BCUT2D eigenvalue weighted by atomic mass is 16.6. The monoisotopic (exact) mass is 306 g/mol. The first-order valence-electron chi connectivity index (χ1n) is 8.07. The Kier molecular flexibility index (Phi) is 4.78. The average Bonchev–Trinajstić information content (AvgIpc) is 2.72. The summed E-state index contributed by atoms with van der Waals surface area (Å²) in [4.78, 5) is 25.0. The van der Waals surface area contributed by atoms with Crippen LogP contribution in [0.4, 0.5) is 0 Å². The van der Waals surface area contributed by atoms with Crippen LogP contribution in [0.3, 0.4) is 0 Å². The molecule has 0 saturated heterocycles. The fourth-order valence-corrected chi connectivity index (χ4v) is 3.44. The van der Waals surface area contributed by atoms with Crippen LogP contribution in [0.5, 0.6) is 0 Å². The predicted octanol–water partition coefficient (Wildman–Crippen LogP) is 3.42. The van der Waals surface area contributed by atoms with Gasteiger partial charge in [0, 0.05) is 0 Å². The molecule has 0 aromatic rings. The molecule has 2 rings (SSSR count). The molecule has 0 N–H and O–H groups in total. The number of esters is 2. The van der Waals surface area contributed by atoms with Gasteiger partial charge < -0.3 is 9.47 Å². The zero-order valence-electron chi connectivity index (χ0n) is 14.0. The first-order chi connectivity index (χ1) is 10.3. The number of hydrogen-bond acceptors (Lipinski definition) is 4. The predicted molar refractivity (Wildman–Crippen MR) is 84.0 cm³/mol. The minimum Gasteiger partial charge on any atom is -0.465 e. The van der Waals surface area contributed by atoms with Gasteiger partial charge in [-0.15, -0.1) is 0 Å². The van der Waals surface area contributed by atoms with Gasteiger partial charge in [-0.1, -0.05) is 37.6 Å². The lowest BCUT2D eigenvalue weighted by Crippen LogP contribution is -2.40. The van der Waals surface area contributed by atoms with Crippen molar-refractivity contribution in [2.24, 2.45) is 16.7 Å². The Balaban J connectivity index is 2.38. The summed E-state index contributed by atoms with van der Waals surface area (Å²) < 4.78 is 10.4. The second-order valence-corrected chi connectivity index (χ2v) is 6.85. The second-order valence-electron chi connectivity index (χ2n) is 6.85. The summed E-state index contributed by atoms with van der Waals surface area (Å²) in [6.45, 7) is 8.39. The van der Waals surface area contributed by atoms with Crippen LogP contribution >= 0.6 is 0 Å². The molecule has 0 spiro atoms. The summed E-state index contributed by atoms with van der Waals surface area (Å²) in [6, 6.07) is 0.